The molecule has 3 atom stereocenters. The Labute approximate surface area is 96.7 Å². The molecule has 3 heteroatoms. The highest BCUT2D eigenvalue weighted by molar-refractivity contribution is 5.47. The number of rotatable bonds is 2. The third kappa shape index (κ3) is 1.59. The highest BCUT2D eigenvalue weighted by Crippen LogP contribution is 2.40. The summed E-state index contributed by atoms with van der Waals surface area (Å²) in [5, 5.41) is 0. The number of nitrogens with two attached hydrogens (primary N) is 1. The minimum atomic E-state index is 0.746. The van der Waals surface area contributed by atoms with Crippen molar-refractivity contribution in [1.29, 1.82) is 0 Å². The molecule has 2 aliphatic rings. The Kier molecular flexibility index (Phi) is 2.56. The van der Waals surface area contributed by atoms with Crippen LogP contribution in [0.3, 0.4) is 0 Å². The van der Waals surface area contributed by atoms with E-state index in [1.807, 2.05) is 12.4 Å². The molecular formula is C13H19N3. The summed E-state index contributed by atoms with van der Waals surface area (Å²) in [5.41, 5.74) is 7.18. The van der Waals surface area contributed by atoms with Crippen molar-refractivity contribution >= 4 is 5.69 Å². The van der Waals surface area contributed by atoms with Crippen molar-refractivity contribution < 1.29 is 0 Å². The lowest BCUT2D eigenvalue weighted by atomic mass is 9.80. The molecule has 3 nitrogen and oxygen atoms in total. The number of hydrogen-bond acceptors (Lipinski definition) is 3. The van der Waals surface area contributed by atoms with Gasteiger partial charge in [0.1, 0.15) is 0 Å². The lowest BCUT2D eigenvalue weighted by Crippen LogP contribution is -2.29. The van der Waals surface area contributed by atoms with Crippen LogP contribution < -0.4 is 10.6 Å². The van der Waals surface area contributed by atoms with Crippen molar-refractivity contribution in [2.45, 2.75) is 25.3 Å². The third-order valence-corrected chi connectivity index (χ3v) is 4.28. The molecule has 1 aliphatic heterocycles. The number of pyridine rings is 1. The topological polar surface area (TPSA) is 42.1 Å². The van der Waals surface area contributed by atoms with E-state index in [1.54, 1.807) is 0 Å². The van der Waals surface area contributed by atoms with Gasteiger partial charge in [0.2, 0.25) is 0 Å². The molecule has 0 radical (unpaired) electrons. The number of nitrogens with zero attached hydrogens (tertiary/aromatic N) is 2. The summed E-state index contributed by atoms with van der Waals surface area (Å²) in [6.07, 6.45) is 7.73. The first-order chi connectivity index (χ1) is 7.88. The molecule has 0 spiro atoms. The first kappa shape index (κ1) is 10.1. The maximum absolute atomic E-state index is 5.84. The van der Waals surface area contributed by atoms with Crippen molar-refractivity contribution in [2.75, 3.05) is 18.0 Å². The van der Waals surface area contributed by atoms with Gasteiger partial charge in [-0.15, -0.1) is 0 Å². The van der Waals surface area contributed by atoms with E-state index >= 15 is 0 Å². The summed E-state index contributed by atoms with van der Waals surface area (Å²) >= 11 is 0. The molecule has 2 bridgehead atoms. The summed E-state index contributed by atoms with van der Waals surface area (Å²) in [6.45, 7) is 2.05. The Bertz CT molecular complexity index is 351. The molecule has 2 fully saturated rings. The van der Waals surface area contributed by atoms with E-state index in [0.29, 0.717) is 0 Å². The van der Waals surface area contributed by atoms with Crippen LogP contribution in [0.25, 0.3) is 0 Å². The fraction of sp³-hybridized carbons (Fsp3) is 0.615. The monoisotopic (exact) mass is 217 g/mol. The minimum Gasteiger partial charge on any atom is -0.368 e. The van der Waals surface area contributed by atoms with Crippen LogP contribution >= 0.6 is 0 Å². The molecule has 1 aliphatic carbocycles. The summed E-state index contributed by atoms with van der Waals surface area (Å²) in [4.78, 5) is 6.64. The summed E-state index contributed by atoms with van der Waals surface area (Å²) < 4.78 is 0. The second-order valence-electron chi connectivity index (χ2n) is 5.08. The Morgan fingerprint density at radius 2 is 2.12 bits per heavy atom. The quantitative estimate of drug-likeness (QED) is 0.819. The molecule has 1 saturated heterocycles. The van der Waals surface area contributed by atoms with Gasteiger partial charge >= 0.3 is 0 Å². The van der Waals surface area contributed by atoms with Crippen molar-refractivity contribution in [3.8, 4) is 0 Å². The number of hydrogen-bond donors (Lipinski definition) is 1. The second-order valence-corrected chi connectivity index (χ2v) is 5.08. The minimum absolute atomic E-state index is 0.746. The predicted octanol–water partition coefficient (Wildman–Crippen LogP) is 1.65. The summed E-state index contributed by atoms with van der Waals surface area (Å²) in [6, 6.07) is 4.99. The van der Waals surface area contributed by atoms with Crippen molar-refractivity contribution in [1.82, 2.24) is 4.98 Å². The molecule has 1 aromatic heterocycles. The first-order valence-corrected chi connectivity index (χ1v) is 6.25. The molecular weight excluding hydrogens is 198 g/mol. The number of aromatic nitrogens is 1. The lowest BCUT2D eigenvalue weighted by Gasteiger charge is -2.28. The molecule has 16 heavy (non-hydrogen) atoms. The largest absolute Gasteiger partial charge is 0.368 e. The van der Waals surface area contributed by atoms with E-state index in [2.05, 4.69) is 22.0 Å². The van der Waals surface area contributed by atoms with E-state index in [-0.39, 0.29) is 0 Å². The zero-order chi connectivity index (χ0) is 11.0. The standard InChI is InChI=1S/C13H19N3/c14-8-10-1-2-13-7-11(10)9-16(13)12-3-5-15-6-4-12/h3-6,10-11,13H,1-2,7-9,14H2. The van der Waals surface area contributed by atoms with Crippen LogP contribution in [0, 0.1) is 11.8 Å². The first-order valence-electron chi connectivity index (χ1n) is 6.25. The average Bonchev–Trinajstić information content (AvgIpc) is 2.69. The fourth-order valence-electron chi connectivity index (χ4n) is 3.37. The van der Waals surface area contributed by atoms with E-state index in [9.17, 15) is 0 Å². The van der Waals surface area contributed by atoms with E-state index < -0.39 is 0 Å². The fourth-order valence-corrected chi connectivity index (χ4v) is 3.37. The van der Waals surface area contributed by atoms with Crippen LogP contribution in [0.15, 0.2) is 24.5 Å². The molecule has 1 saturated carbocycles. The maximum Gasteiger partial charge on any atom is 0.0399 e. The van der Waals surface area contributed by atoms with Crippen LogP contribution in [0.2, 0.25) is 0 Å². The van der Waals surface area contributed by atoms with Gasteiger partial charge in [-0.2, -0.15) is 0 Å². The van der Waals surface area contributed by atoms with Gasteiger partial charge in [0.15, 0.2) is 0 Å². The molecule has 1 aromatic rings. The smallest absolute Gasteiger partial charge is 0.0399 e. The van der Waals surface area contributed by atoms with Gasteiger partial charge in [0, 0.05) is 30.7 Å². The third-order valence-electron chi connectivity index (χ3n) is 4.28. The number of fused-ring (bicyclic) bond motifs is 2. The summed E-state index contributed by atoms with van der Waals surface area (Å²) in [7, 11) is 0. The highest BCUT2D eigenvalue weighted by Gasteiger charge is 2.39. The van der Waals surface area contributed by atoms with Crippen molar-refractivity contribution in [3.05, 3.63) is 24.5 Å². The molecule has 3 unspecified atom stereocenters. The normalized spacial score (nSPS) is 33.1. The second kappa shape index (κ2) is 4.06. The number of anilines is 1. The lowest BCUT2D eigenvalue weighted by molar-refractivity contribution is 0.287. The van der Waals surface area contributed by atoms with Gasteiger partial charge in [0.25, 0.3) is 0 Å². The van der Waals surface area contributed by atoms with Crippen LogP contribution in [0.1, 0.15) is 19.3 Å². The molecule has 2 N–H and O–H groups in total. The van der Waals surface area contributed by atoms with Gasteiger partial charge in [-0.3, -0.25) is 4.98 Å². The molecule has 2 heterocycles. The Balaban J connectivity index is 1.80. The van der Waals surface area contributed by atoms with Gasteiger partial charge in [-0.1, -0.05) is 0 Å². The van der Waals surface area contributed by atoms with Crippen LogP contribution in [-0.4, -0.2) is 24.1 Å². The van der Waals surface area contributed by atoms with Gasteiger partial charge in [0.05, 0.1) is 0 Å². The predicted molar refractivity (Wildman–Crippen MR) is 65.3 cm³/mol. The maximum atomic E-state index is 5.84. The van der Waals surface area contributed by atoms with Gasteiger partial charge in [-0.05, 0) is 49.8 Å². The van der Waals surface area contributed by atoms with Gasteiger partial charge < -0.3 is 10.6 Å². The van der Waals surface area contributed by atoms with Crippen molar-refractivity contribution in [2.24, 2.45) is 17.6 Å². The van der Waals surface area contributed by atoms with E-state index in [0.717, 1.165) is 24.4 Å². The van der Waals surface area contributed by atoms with E-state index in [4.69, 9.17) is 5.73 Å². The van der Waals surface area contributed by atoms with Crippen LogP contribution in [0.4, 0.5) is 5.69 Å². The summed E-state index contributed by atoms with van der Waals surface area (Å²) in [5.74, 6) is 1.57. The van der Waals surface area contributed by atoms with E-state index in [1.165, 1.54) is 31.5 Å². The van der Waals surface area contributed by atoms with Crippen molar-refractivity contribution in [3.63, 3.8) is 0 Å². The molecule has 3 rings (SSSR count). The molecule has 86 valence electrons. The Hall–Kier alpha value is -1.09. The Morgan fingerprint density at radius 1 is 1.31 bits per heavy atom. The molecule has 0 aromatic carbocycles. The zero-order valence-corrected chi connectivity index (χ0v) is 9.55. The zero-order valence-electron chi connectivity index (χ0n) is 9.55. The molecule has 0 amide bonds. The Morgan fingerprint density at radius 3 is 2.88 bits per heavy atom. The van der Waals surface area contributed by atoms with Gasteiger partial charge in [-0.25, -0.2) is 0 Å². The van der Waals surface area contributed by atoms with Crippen LogP contribution in [-0.2, 0) is 0 Å². The SMILES string of the molecule is NCC1CCC2CC1CN2c1ccncc1. The highest BCUT2D eigenvalue weighted by atomic mass is 15.2. The van der Waals surface area contributed by atoms with Crippen LogP contribution in [0.5, 0.6) is 0 Å². The average molecular weight is 217 g/mol.